The molecule has 0 amide bonds. The van der Waals surface area contributed by atoms with Gasteiger partial charge in [-0.2, -0.15) is 0 Å². The molecule has 2 aliphatic rings. The van der Waals surface area contributed by atoms with Gasteiger partial charge in [-0.25, -0.2) is 4.79 Å². The average molecular weight is 512 g/mol. The Balaban J connectivity index is 1.13. The van der Waals surface area contributed by atoms with Crippen molar-refractivity contribution in [1.29, 1.82) is 0 Å². The maximum Gasteiger partial charge on any atom is 0.339 e. The smallest absolute Gasteiger partial charge is 0.339 e. The molecule has 188 valence electrons. The van der Waals surface area contributed by atoms with Gasteiger partial charge in [0.05, 0.1) is 23.3 Å². The van der Waals surface area contributed by atoms with Crippen LogP contribution in [-0.4, -0.2) is 24.2 Å². The minimum atomic E-state index is -0.410. The van der Waals surface area contributed by atoms with Crippen molar-refractivity contribution in [3.05, 3.63) is 118 Å². The molecule has 2 bridgehead atoms. The summed E-state index contributed by atoms with van der Waals surface area (Å²) in [4.78, 5) is 12.4. The van der Waals surface area contributed by atoms with Crippen molar-refractivity contribution in [2.45, 2.75) is 56.6 Å². The van der Waals surface area contributed by atoms with Crippen molar-refractivity contribution in [2.24, 2.45) is 0 Å². The number of nitrogens with one attached hydrogen (secondary N) is 1. The third-order valence-electron chi connectivity index (χ3n) is 7.74. The van der Waals surface area contributed by atoms with Crippen LogP contribution in [0, 0.1) is 0 Å². The number of hydrogen-bond acceptors (Lipinski definition) is 4. The number of carbonyl (C=O) groups excluding carboxylic acids is 1. The van der Waals surface area contributed by atoms with Crippen LogP contribution >= 0.6 is 11.6 Å². The Kier molecular flexibility index (Phi) is 6.97. The second-order valence-electron chi connectivity index (χ2n) is 10.1. The fourth-order valence-electron chi connectivity index (χ4n) is 5.81. The first-order valence-electron chi connectivity index (χ1n) is 13.0. The number of fused-ring (bicyclic) bond motifs is 3. The first kappa shape index (κ1) is 24.2. The molecule has 6 rings (SSSR count). The van der Waals surface area contributed by atoms with Gasteiger partial charge in [-0.3, -0.25) is 0 Å². The Hall–Kier alpha value is -3.18. The molecule has 0 aromatic heterocycles. The summed E-state index contributed by atoms with van der Waals surface area (Å²) in [5, 5.41) is 6.67. The topological polar surface area (TPSA) is 47.6 Å². The lowest BCUT2D eigenvalue weighted by Gasteiger charge is -2.38. The minimum Gasteiger partial charge on any atom is -0.457 e. The zero-order chi connectivity index (χ0) is 25.2. The molecule has 0 radical (unpaired) electrons. The fraction of sp³-hybridized carbons (Fsp3) is 0.281. The van der Waals surface area contributed by atoms with E-state index in [4.69, 9.17) is 21.1 Å². The van der Waals surface area contributed by atoms with Crippen molar-refractivity contribution in [2.75, 3.05) is 0 Å². The summed E-state index contributed by atoms with van der Waals surface area (Å²) in [6.45, 7) is 0.814. The molecule has 0 spiro atoms. The first-order valence-corrected chi connectivity index (χ1v) is 13.4. The van der Waals surface area contributed by atoms with Crippen LogP contribution < -0.4 is 5.32 Å². The summed E-state index contributed by atoms with van der Waals surface area (Å²) in [5.74, 6) is -0.0781. The third-order valence-corrected chi connectivity index (χ3v) is 8.06. The monoisotopic (exact) mass is 511 g/mol. The van der Waals surface area contributed by atoms with Gasteiger partial charge in [0.15, 0.2) is 0 Å². The molecule has 1 N–H and O–H groups in total. The van der Waals surface area contributed by atoms with Crippen LogP contribution in [-0.2, 0) is 22.7 Å². The number of carbonyl (C=O) groups is 1. The van der Waals surface area contributed by atoms with Gasteiger partial charge >= 0.3 is 5.97 Å². The van der Waals surface area contributed by atoms with Gasteiger partial charge in [0.25, 0.3) is 0 Å². The molecule has 2 fully saturated rings. The molecular weight excluding hydrogens is 482 g/mol. The quantitative estimate of drug-likeness (QED) is 0.270. The number of piperidine rings is 1. The van der Waals surface area contributed by atoms with E-state index < -0.39 is 5.97 Å². The van der Waals surface area contributed by atoms with Gasteiger partial charge in [-0.1, -0.05) is 84.4 Å². The molecule has 4 aromatic carbocycles. The molecule has 0 aliphatic carbocycles. The number of ether oxygens (including phenoxy) is 2. The van der Waals surface area contributed by atoms with Crippen molar-refractivity contribution >= 4 is 28.3 Å². The summed E-state index contributed by atoms with van der Waals surface area (Å²) in [5.41, 5.74) is 3.82. The number of benzene rings is 4. The highest BCUT2D eigenvalue weighted by Gasteiger charge is 2.42. The van der Waals surface area contributed by atoms with Crippen molar-refractivity contribution in [1.82, 2.24) is 5.32 Å². The van der Waals surface area contributed by atoms with Crippen LogP contribution in [0.15, 0.2) is 91.0 Å². The summed E-state index contributed by atoms with van der Waals surface area (Å²) in [6, 6.07) is 31.3. The Morgan fingerprint density at radius 3 is 2.43 bits per heavy atom. The average Bonchev–Trinajstić information content (AvgIpc) is 3.33. The van der Waals surface area contributed by atoms with Gasteiger partial charge in [0.1, 0.15) is 6.61 Å². The van der Waals surface area contributed by atoms with E-state index in [0.717, 1.165) is 18.4 Å². The van der Waals surface area contributed by atoms with E-state index in [9.17, 15) is 4.79 Å². The van der Waals surface area contributed by atoms with Gasteiger partial charge in [0, 0.05) is 18.0 Å². The lowest BCUT2D eigenvalue weighted by molar-refractivity contribution is -0.0133. The SMILES string of the molecule is O=C(OCc1ccc(C2CC3CCC(N3)C2OCc2ccc3ccccc3c2)cc1)c1ccccc1Cl. The summed E-state index contributed by atoms with van der Waals surface area (Å²) in [6.07, 6.45) is 3.54. The number of halogens is 1. The van der Waals surface area contributed by atoms with E-state index in [2.05, 4.69) is 72.0 Å². The highest BCUT2D eigenvalue weighted by atomic mass is 35.5. The largest absolute Gasteiger partial charge is 0.457 e. The number of esters is 1. The van der Waals surface area contributed by atoms with Gasteiger partial charge < -0.3 is 14.8 Å². The van der Waals surface area contributed by atoms with Crippen molar-refractivity contribution in [3.63, 3.8) is 0 Å². The predicted octanol–water partition coefficient (Wildman–Crippen LogP) is 7.04. The lowest BCUT2D eigenvalue weighted by Crippen LogP contribution is -2.49. The standard InChI is InChI=1S/C32H30ClNO3/c33-29-8-4-3-7-27(29)32(35)37-19-21-9-13-24(14-10-21)28-18-26-15-16-30(34-26)31(28)36-20-22-11-12-23-5-1-2-6-25(23)17-22/h1-14,17,26,28,30-31,34H,15-16,18-20H2. The van der Waals surface area contributed by atoms with Crippen LogP contribution in [0.3, 0.4) is 0 Å². The van der Waals surface area contributed by atoms with Crippen LogP contribution in [0.2, 0.25) is 5.02 Å². The Morgan fingerprint density at radius 2 is 1.59 bits per heavy atom. The molecule has 4 nitrogen and oxygen atoms in total. The van der Waals surface area contributed by atoms with E-state index in [1.54, 1.807) is 24.3 Å². The van der Waals surface area contributed by atoms with Crippen LogP contribution in [0.1, 0.15) is 52.2 Å². The highest BCUT2D eigenvalue weighted by Crippen LogP contribution is 2.40. The Morgan fingerprint density at radius 1 is 0.838 bits per heavy atom. The van der Waals surface area contributed by atoms with E-state index >= 15 is 0 Å². The Bertz CT molecular complexity index is 1400. The number of rotatable bonds is 7. The van der Waals surface area contributed by atoms with Crippen molar-refractivity contribution < 1.29 is 14.3 Å². The molecule has 5 heteroatoms. The van der Waals surface area contributed by atoms with Crippen LogP contribution in [0.5, 0.6) is 0 Å². The van der Waals surface area contributed by atoms with Crippen LogP contribution in [0.4, 0.5) is 0 Å². The first-order chi connectivity index (χ1) is 18.1. The normalized spacial score (nSPS) is 22.7. The van der Waals surface area contributed by atoms with Gasteiger partial charge in [-0.05, 0) is 64.9 Å². The van der Waals surface area contributed by atoms with Gasteiger partial charge in [0.2, 0.25) is 0 Å². The van der Waals surface area contributed by atoms with Crippen LogP contribution in [0.25, 0.3) is 10.8 Å². The minimum absolute atomic E-state index is 0.120. The molecule has 4 atom stereocenters. The molecule has 37 heavy (non-hydrogen) atoms. The summed E-state index contributed by atoms with van der Waals surface area (Å²) >= 11 is 6.12. The molecule has 0 saturated carbocycles. The zero-order valence-corrected chi connectivity index (χ0v) is 21.4. The maximum absolute atomic E-state index is 12.4. The molecular formula is C32H30ClNO3. The molecule has 4 unspecified atom stereocenters. The van der Waals surface area contributed by atoms with E-state index in [0.29, 0.717) is 35.2 Å². The van der Waals surface area contributed by atoms with Crippen molar-refractivity contribution in [3.8, 4) is 0 Å². The van der Waals surface area contributed by atoms with E-state index in [1.807, 2.05) is 0 Å². The third kappa shape index (κ3) is 5.28. The summed E-state index contributed by atoms with van der Waals surface area (Å²) in [7, 11) is 0. The molecule has 2 saturated heterocycles. The maximum atomic E-state index is 12.4. The van der Waals surface area contributed by atoms with E-state index in [-0.39, 0.29) is 12.7 Å². The number of hydrogen-bond donors (Lipinski definition) is 1. The Labute approximate surface area is 222 Å². The zero-order valence-electron chi connectivity index (χ0n) is 20.6. The lowest BCUT2D eigenvalue weighted by atomic mass is 9.83. The highest BCUT2D eigenvalue weighted by molar-refractivity contribution is 6.33. The van der Waals surface area contributed by atoms with Gasteiger partial charge in [-0.15, -0.1) is 0 Å². The van der Waals surface area contributed by atoms with E-state index in [1.165, 1.54) is 28.3 Å². The second kappa shape index (κ2) is 10.7. The summed E-state index contributed by atoms with van der Waals surface area (Å²) < 4.78 is 12.1. The predicted molar refractivity (Wildman–Crippen MR) is 147 cm³/mol. The molecule has 4 aromatic rings. The second-order valence-corrected chi connectivity index (χ2v) is 10.6. The fourth-order valence-corrected chi connectivity index (χ4v) is 6.02. The molecule has 2 aliphatic heterocycles. The molecule has 2 heterocycles.